The molecule has 0 saturated carbocycles. The van der Waals surface area contributed by atoms with Gasteiger partial charge in [0, 0.05) is 4.47 Å². The molecule has 1 aromatic carbocycles. The van der Waals surface area contributed by atoms with E-state index in [1.807, 2.05) is 24.3 Å². The third kappa shape index (κ3) is 4.33. The van der Waals surface area contributed by atoms with E-state index in [9.17, 15) is 4.79 Å². The van der Waals surface area contributed by atoms with Crippen molar-refractivity contribution in [2.24, 2.45) is 0 Å². The summed E-state index contributed by atoms with van der Waals surface area (Å²) in [5.41, 5.74) is 0.379. The van der Waals surface area contributed by atoms with Crippen molar-refractivity contribution in [1.82, 2.24) is 5.32 Å². The van der Waals surface area contributed by atoms with Gasteiger partial charge in [0.15, 0.2) is 0 Å². The summed E-state index contributed by atoms with van der Waals surface area (Å²) in [5.74, 6) is -0.0860. The fourth-order valence-corrected chi connectivity index (χ4v) is 1.74. The molecule has 4 heteroatoms. The Kier molecular flexibility index (Phi) is 4.50. The summed E-state index contributed by atoms with van der Waals surface area (Å²) in [7, 11) is 0. The van der Waals surface area contributed by atoms with Gasteiger partial charge < -0.3 is 10.4 Å². The Balaban J connectivity index is 2.59. The van der Waals surface area contributed by atoms with E-state index >= 15 is 0 Å². The summed E-state index contributed by atoms with van der Waals surface area (Å²) in [6.07, 6.45) is 0.322. The first kappa shape index (κ1) is 13.2. The van der Waals surface area contributed by atoms with Gasteiger partial charge in [-0.25, -0.2) is 0 Å². The Labute approximate surface area is 104 Å². The summed E-state index contributed by atoms with van der Waals surface area (Å²) in [4.78, 5) is 11.7. The minimum atomic E-state index is -0.566. The second-order valence-corrected chi connectivity index (χ2v) is 5.31. The molecule has 0 aliphatic heterocycles. The molecule has 3 nitrogen and oxygen atoms in total. The smallest absolute Gasteiger partial charge is 0.224 e. The number of hydrogen-bond acceptors (Lipinski definition) is 2. The van der Waals surface area contributed by atoms with Crippen molar-refractivity contribution in [3.8, 4) is 0 Å². The lowest BCUT2D eigenvalue weighted by molar-refractivity contribution is -0.122. The molecule has 0 bridgehead atoms. The van der Waals surface area contributed by atoms with E-state index < -0.39 is 5.54 Å². The monoisotopic (exact) mass is 285 g/mol. The zero-order valence-electron chi connectivity index (χ0n) is 9.46. The highest BCUT2D eigenvalue weighted by Crippen LogP contribution is 2.12. The van der Waals surface area contributed by atoms with Crippen LogP contribution >= 0.6 is 15.9 Å². The first-order valence-corrected chi connectivity index (χ1v) is 5.88. The lowest BCUT2D eigenvalue weighted by Gasteiger charge is -2.23. The Hall–Kier alpha value is -0.870. The number of benzene rings is 1. The van der Waals surface area contributed by atoms with Crippen LogP contribution in [0.25, 0.3) is 0 Å². The minimum Gasteiger partial charge on any atom is -0.394 e. The van der Waals surface area contributed by atoms with Crippen molar-refractivity contribution in [1.29, 1.82) is 0 Å². The van der Waals surface area contributed by atoms with E-state index in [1.165, 1.54) is 0 Å². The number of halogens is 1. The predicted molar refractivity (Wildman–Crippen MR) is 67.2 cm³/mol. The predicted octanol–water partition coefficient (Wildman–Crippen LogP) is 1.88. The van der Waals surface area contributed by atoms with Gasteiger partial charge in [-0.15, -0.1) is 0 Å². The molecule has 0 aliphatic carbocycles. The van der Waals surface area contributed by atoms with Crippen molar-refractivity contribution >= 4 is 21.8 Å². The maximum Gasteiger partial charge on any atom is 0.224 e. The van der Waals surface area contributed by atoms with Gasteiger partial charge in [-0.1, -0.05) is 28.1 Å². The first-order valence-electron chi connectivity index (χ1n) is 5.09. The molecule has 0 radical (unpaired) electrons. The number of carbonyl (C=O) groups is 1. The van der Waals surface area contributed by atoms with Gasteiger partial charge in [0.2, 0.25) is 5.91 Å². The molecule has 1 rings (SSSR count). The molecule has 0 aliphatic rings. The van der Waals surface area contributed by atoms with Gasteiger partial charge in [0.25, 0.3) is 0 Å². The lowest BCUT2D eigenvalue weighted by Crippen LogP contribution is -2.46. The zero-order valence-corrected chi connectivity index (χ0v) is 11.0. The highest BCUT2D eigenvalue weighted by molar-refractivity contribution is 9.10. The van der Waals surface area contributed by atoms with E-state index in [4.69, 9.17) is 5.11 Å². The molecular weight excluding hydrogens is 270 g/mol. The average Bonchev–Trinajstić information content (AvgIpc) is 2.16. The van der Waals surface area contributed by atoms with Crippen LogP contribution in [0.5, 0.6) is 0 Å². The molecule has 16 heavy (non-hydrogen) atoms. The topological polar surface area (TPSA) is 49.3 Å². The fraction of sp³-hybridized carbons (Fsp3) is 0.417. The van der Waals surface area contributed by atoms with E-state index in [1.54, 1.807) is 13.8 Å². The van der Waals surface area contributed by atoms with Crippen LogP contribution in [-0.4, -0.2) is 23.2 Å². The van der Waals surface area contributed by atoms with Crippen LogP contribution in [-0.2, 0) is 11.2 Å². The zero-order chi connectivity index (χ0) is 12.2. The highest BCUT2D eigenvalue weighted by Gasteiger charge is 2.18. The minimum absolute atomic E-state index is 0.0722. The fourth-order valence-electron chi connectivity index (χ4n) is 1.29. The summed E-state index contributed by atoms with van der Waals surface area (Å²) in [6, 6.07) is 7.62. The van der Waals surface area contributed by atoms with Crippen molar-refractivity contribution in [2.45, 2.75) is 25.8 Å². The number of hydrogen-bond donors (Lipinski definition) is 2. The maximum atomic E-state index is 11.7. The first-order chi connectivity index (χ1) is 7.43. The van der Waals surface area contributed by atoms with Gasteiger partial charge in [-0.05, 0) is 31.5 Å². The van der Waals surface area contributed by atoms with Crippen LogP contribution in [0.4, 0.5) is 0 Å². The summed E-state index contributed by atoms with van der Waals surface area (Å²) in [6.45, 7) is 3.49. The summed E-state index contributed by atoms with van der Waals surface area (Å²) < 4.78 is 0.958. The molecule has 0 spiro atoms. The third-order valence-corrected chi connectivity index (χ3v) is 2.62. The van der Waals surface area contributed by atoms with Crippen molar-refractivity contribution < 1.29 is 9.90 Å². The van der Waals surface area contributed by atoms with Gasteiger partial charge >= 0.3 is 0 Å². The van der Waals surface area contributed by atoms with E-state index in [0.29, 0.717) is 6.42 Å². The normalized spacial score (nSPS) is 11.2. The standard InChI is InChI=1S/C12H16BrNO2/c1-12(2,8-15)14-11(16)7-9-4-3-5-10(13)6-9/h3-6,15H,7-8H2,1-2H3,(H,14,16). The van der Waals surface area contributed by atoms with Gasteiger partial charge in [-0.2, -0.15) is 0 Å². The molecule has 0 unspecified atom stereocenters. The Morgan fingerprint density at radius 3 is 2.75 bits per heavy atom. The number of aliphatic hydroxyl groups excluding tert-OH is 1. The summed E-state index contributed by atoms with van der Waals surface area (Å²) >= 11 is 3.36. The SMILES string of the molecule is CC(C)(CO)NC(=O)Cc1cccc(Br)c1. The number of nitrogens with one attached hydrogen (secondary N) is 1. The largest absolute Gasteiger partial charge is 0.394 e. The molecule has 1 aromatic rings. The van der Waals surface area contributed by atoms with Crippen LogP contribution in [0.3, 0.4) is 0 Å². The van der Waals surface area contributed by atoms with E-state index in [2.05, 4.69) is 21.2 Å². The van der Waals surface area contributed by atoms with Crippen molar-refractivity contribution in [2.75, 3.05) is 6.61 Å². The number of carbonyl (C=O) groups excluding carboxylic acids is 1. The van der Waals surface area contributed by atoms with Gasteiger partial charge in [-0.3, -0.25) is 4.79 Å². The average molecular weight is 286 g/mol. The summed E-state index contributed by atoms with van der Waals surface area (Å²) in [5, 5.41) is 11.8. The Morgan fingerprint density at radius 2 is 2.19 bits per heavy atom. The van der Waals surface area contributed by atoms with Crippen LogP contribution in [0.2, 0.25) is 0 Å². The molecule has 1 amide bonds. The highest BCUT2D eigenvalue weighted by atomic mass is 79.9. The number of amides is 1. The Morgan fingerprint density at radius 1 is 1.50 bits per heavy atom. The van der Waals surface area contributed by atoms with Gasteiger partial charge in [0.1, 0.15) is 0 Å². The van der Waals surface area contributed by atoms with E-state index in [0.717, 1.165) is 10.0 Å². The molecular formula is C12H16BrNO2. The van der Waals surface area contributed by atoms with Crippen LogP contribution in [0, 0.1) is 0 Å². The third-order valence-electron chi connectivity index (χ3n) is 2.13. The Bertz CT molecular complexity index is 377. The molecule has 0 atom stereocenters. The van der Waals surface area contributed by atoms with E-state index in [-0.39, 0.29) is 12.5 Å². The molecule has 0 saturated heterocycles. The van der Waals surface area contributed by atoms with Crippen LogP contribution in [0.15, 0.2) is 28.7 Å². The number of aliphatic hydroxyl groups is 1. The second-order valence-electron chi connectivity index (χ2n) is 4.40. The van der Waals surface area contributed by atoms with Gasteiger partial charge in [0.05, 0.1) is 18.6 Å². The van der Waals surface area contributed by atoms with Crippen molar-refractivity contribution in [3.05, 3.63) is 34.3 Å². The molecule has 0 heterocycles. The van der Waals surface area contributed by atoms with Crippen LogP contribution in [0.1, 0.15) is 19.4 Å². The quantitative estimate of drug-likeness (QED) is 0.888. The number of rotatable bonds is 4. The lowest BCUT2D eigenvalue weighted by atomic mass is 10.1. The maximum absolute atomic E-state index is 11.7. The van der Waals surface area contributed by atoms with Crippen LogP contribution < -0.4 is 5.32 Å². The molecule has 2 N–H and O–H groups in total. The molecule has 88 valence electrons. The van der Waals surface area contributed by atoms with Crippen molar-refractivity contribution in [3.63, 3.8) is 0 Å². The second kappa shape index (κ2) is 5.46. The molecule has 0 fully saturated rings. The molecule has 0 aromatic heterocycles.